The van der Waals surface area contributed by atoms with Crippen molar-refractivity contribution in [3.8, 4) is 0 Å². The van der Waals surface area contributed by atoms with Gasteiger partial charge in [0.25, 0.3) is 0 Å². The lowest BCUT2D eigenvalue weighted by atomic mass is 10.0. The van der Waals surface area contributed by atoms with Crippen molar-refractivity contribution in [2.75, 3.05) is 6.61 Å². The Kier molecular flexibility index (Phi) is 6.27. The second-order valence-electron chi connectivity index (χ2n) is 3.57. The Morgan fingerprint density at radius 2 is 2.11 bits per heavy atom. The molecule has 0 unspecified atom stereocenters. The van der Waals surface area contributed by atoms with E-state index in [0.717, 1.165) is 6.92 Å². The van der Waals surface area contributed by atoms with E-state index in [4.69, 9.17) is 6.54 Å². The zero-order valence-corrected chi connectivity index (χ0v) is 10.6. The Hall–Kier alpha value is -1.11. The van der Waals surface area contributed by atoms with E-state index in [1.54, 1.807) is 0 Å². The fraction of sp³-hybridized carbons (Fsp3) is 0.750. The third-order valence-corrected chi connectivity index (χ3v) is 2.47. The van der Waals surface area contributed by atoms with Gasteiger partial charge in [-0.3, -0.25) is 9.35 Å². The van der Waals surface area contributed by atoms with Gasteiger partial charge in [0.05, 0.1) is 6.61 Å². The average molecular weight is 302 g/mol. The summed E-state index contributed by atoms with van der Waals surface area (Å²) in [5.41, 5.74) is 0. The quantitative estimate of drug-likeness (QED) is 0.215. The molecular weight excluding hydrogens is 286 g/mol. The number of nitrogens with one attached hydrogen (secondary N) is 1. The van der Waals surface area contributed by atoms with Crippen molar-refractivity contribution < 1.29 is 42.1 Å². The topological polar surface area (TPSA) is 170 Å². The van der Waals surface area contributed by atoms with Crippen LogP contribution in [0.25, 0.3) is 1.43 Å². The van der Waals surface area contributed by atoms with Crippen LogP contribution in [0.5, 0.6) is 0 Å². The van der Waals surface area contributed by atoms with Gasteiger partial charge in [0.1, 0.15) is 30.6 Å². The van der Waals surface area contributed by atoms with Gasteiger partial charge in [0, 0.05) is 6.92 Å². The smallest absolute Gasteiger partial charge is 0.394 e. The van der Waals surface area contributed by atoms with E-state index < -0.39 is 47.3 Å². The summed E-state index contributed by atoms with van der Waals surface area (Å²) in [5.74, 6) is -0.710. The fourth-order valence-corrected chi connectivity index (χ4v) is 1.74. The Bertz CT molecular complexity index is 428. The number of aliphatic hydroxyl groups is 3. The molecule has 112 valence electrons. The van der Waals surface area contributed by atoms with Gasteiger partial charge < -0.3 is 25.4 Å². The van der Waals surface area contributed by atoms with Crippen LogP contribution in [-0.2, 0) is 24.2 Å². The highest BCUT2D eigenvalue weighted by molar-refractivity contribution is 7.80. The van der Waals surface area contributed by atoms with Crippen LogP contribution in [0, 0.1) is 0 Å². The molecule has 0 aliphatic heterocycles. The van der Waals surface area contributed by atoms with Gasteiger partial charge in [-0.25, -0.2) is 4.18 Å². The average Bonchev–Trinajstić information content (AvgIpc) is 2.40. The van der Waals surface area contributed by atoms with E-state index in [-0.39, 0.29) is 6.29 Å². The number of amides is 1. The Morgan fingerprint density at radius 3 is 2.47 bits per heavy atom. The third kappa shape index (κ3) is 6.56. The van der Waals surface area contributed by atoms with Gasteiger partial charge >= 0.3 is 10.4 Å². The number of carbonyl (C=O) groups excluding carboxylic acids is 2. The van der Waals surface area contributed by atoms with E-state index in [1.165, 1.54) is 0 Å². The molecule has 0 heterocycles. The van der Waals surface area contributed by atoms with Crippen LogP contribution in [0.1, 0.15) is 6.92 Å². The van der Waals surface area contributed by atoms with E-state index >= 15 is 0 Å². The summed E-state index contributed by atoms with van der Waals surface area (Å²) in [4.78, 5) is 21.6. The van der Waals surface area contributed by atoms with Gasteiger partial charge in [-0.2, -0.15) is 8.42 Å². The van der Waals surface area contributed by atoms with Gasteiger partial charge in [-0.15, -0.1) is 0 Å². The maximum absolute atomic E-state index is 11.0. The highest BCUT2D eigenvalue weighted by Crippen LogP contribution is 2.11. The molecule has 1 amide bonds. The number of aldehydes is 1. The lowest BCUT2D eigenvalue weighted by molar-refractivity contribution is -0.128. The van der Waals surface area contributed by atoms with Crippen LogP contribution in [-0.4, -0.2) is 71.4 Å². The molecule has 4 atom stereocenters. The highest BCUT2D eigenvalue weighted by atomic mass is 32.3. The highest BCUT2D eigenvalue weighted by Gasteiger charge is 2.37. The SMILES string of the molecule is [2H]OS(=O)(=O)O[C@H]([C@H](O)[C@H](C=O)NC(C)=O)[C@H](O)CO. The van der Waals surface area contributed by atoms with Crippen LogP contribution in [0.4, 0.5) is 0 Å². The molecule has 0 saturated heterocycles. The Morgan fingerprint density at radius 1 is 1.53 bits per heavy atom. The van der Waals surface area contributed by atoms with E-state index in [2.05, 4.69) is 8.74 Å². The summed E-state index contributed by atoms with van der Waals surface area (Å²) >= 11 is 0. The van der Waals surface area contributed by atoms with Crippen molar-refractivity contribution in [2.45, 2.75) is 31.3 Å². The van der Waals surface area contributed by atoms with Crippen molar-refractivity contribution in [1.29, 1.82) is 1.43 Å². The van der Waals surface area contributed by atoms with Gasteiger partial charge in [0.15, 0.2) is 0 Å². The number of hydrogen-bond donors (Lipinski definition) is 5. The summed E-state index contributed by atoms with van der Waals surface area (Å²) in [7, 11) is -4.88. The molecule has 5 N–H and O–H groups in total. The molecular formula is C8H15NO9S. The Balaban J connectivity index is 5.19. The molecule has 19 heavy (non-hydrogen) atoms. The van der Waals surface area contributed by atoms with Crippen molar-refractivity contribution in [2.24, 2.45) is 0 Å². The maximum Gasteiger partial charge on any atom is 0.397 e. The summed E-state index contributed by atoms with van der Waals surface area (Å²) in [6.07, 6.45) is -5.87. The number of carbonyl (C=O) groups is 2. The minimum absolute atomic E-state index is 0.0840. The minimum Gasteiger partial charge on any atom is -0.394 e. The first-order valence-corrected chi connectivity index (χ1v) is 6.29. The molecule has 0 rings (SSSR count). The van der Waals surface area contributed by atoms with Crippen molar-refractivity contribution in [1.82, 2.24) is 5.32 Å². The monoisotopic (exact) mass is 302 g/mol. The van der Waals surface area contributed by atoms with Gasteiger partial charge in [-0.05, 0) is 0 Å². The molecule has 0 saturated carbocycles. The summed E-state index contributed by atoms with van der Waals surface area (Å²) < 4.78 is 35.5. The van der Waals surface area contributed by atoms with Crippen molar-refractivity contribution >= 4 is 22.6 Å². The first-order valence-electron chi connectivity index (χ1n) is 5.36. The molecule has 0 aromatic rings. The molecule has 0 aromatic heterocycles. The zero-order chi connectivity index (χ0) is 15.9. The van der Waals surface area contributed by atoms with Crippen molar-refractivity contribution in [3.05, 3.63) is 0 Å². The van der Waals surface area contributed by atoms with Gasteiger partial charge in [-0.1, -0.05) is 0 Å². The molecule has 0 fully saturated rings. The molecule has 0 aliphatic carbocycles. The minimum atomic E-state index is -4.88. The summed E-state index contributed by atoms with van der Waals surface area (Å²) in [5, 5.41) is 29.9. The fourth-order valence-electron chi connectivity index (χ4n) is 1.23. The summed E-state index contributed by atoms with van der Waals surface area (Å²) in [6.45, 7) is 0.0199. The Labute approximate surface area is 110 Å². The van der Waals surface area contributed by atoms with E-state index in [1.807, 2.05) is 5.32 Å². The molecule has 11 heteroatoms. The maximum atomic E-state index is 11.0. The van der Waals surface area contributed by atoms with Crippen LogP contribution >= 0.6 is 0 Å². The van der Waals surface area contributed by atoms with E-state index in [9.17, 15) is 28.2 Å². The van der Waals surface area contributed by atoms with Crippen LogP contribution < -0.4 is 5.32 Å². The van der Waals surface area contributed by atoms with Crippen LogP contribution in [0.2, 0.25) is 0 Å². The molecule has 0 bridgehead atoms. The number of rotatable bonds is 9. The first-order chi connectivity index (χ1) is 9.18. The summed E-state index contributed by atoms with van der Waals surface area (Å²) in [6, 6.07) is -1.60. The van der Waals surface area contributed by atoms with Crippen LogP contribution in [0.15, 0.2) is 0 Å². The lowest BCUT2D eigenvalue weighted by Gasteiger charge is -2.28. The molecule has 10 nitrogen and oxygen atoms in total. The zero-order valence-electron chi connectivity index (χ0n) is 10.8. The molecule has 0 spiro atoms. The second-order valence-corrected chi connectivity index (χ2v) is 4.58. The van der Waals surface area contributed by atoms with Gasteiger partial charge in [0.2, 0.25) is 7.34 Å². The lowest BCUT2D eigenvalue weighted by Crippen LogP contribution is -2.54. The molecule has 0 radical (unpaired) electrons. The third-order valence-electron chi connectivity index (χ3n) is 2.02. The van der Waals surface area contributed by atoms with E-state index in [0.29, 0.717) is 0 Å². The van der Waals surface area contributed by atoms with Crippen molar-refractivity contribution in [3.63, 3.8) is 0 Å². The predicted octanol–water partition coefficient (Wildman–Crippen LogP) is -3.41. The second kappa shape index (κ2) is 7.47. The predicted molar refractivity (Wildman–Crippen MR) is 59.2 cm³/mol. The van der Waals surface area contributed by atoms with Crippen LogP contribution in [0.3, 0.4) is 0 Å². The standard InChI is InChI=1S/C8H15NO9S/c1-4(12)9-5(2-10)7(14)8(6(13)3-11)18-19(15,16)17/h2,5-8,11,13-14H,3H2,1H3,(H,9,12)(H,15,16,17)/t5-,6+,7+,8-/m0/s1/i/hD. The molecule has 0 aromatic carbocycles. The number of hydrogen-bond acceptors (Lipinski definition) is 9. The molecule has 0 aliphatic rings. The first kappa shape index (κ1) is 15.9. The largest absolute Gasteiger partial charge is 0.397 e. The normalized spacial score (nSPS) is 18.8. The number of aliphatic hydroxyl groups excluding tert-OH is 3.